The van der Waals surface area contributed by atoms with Crippen LogP contribution in [0.4, 0.5) is 5.82 Å². The number of nitrogens with one attached hydrogen (secondary N) is 1. The summed E-state index contributed by atoms with van der Waals surface area (Å²) in [4.78, 5) is 40.2. The molecule has 1 saturated heterocycles. The van der Waals surface area contributed by atoms with Gasteiger partial charge in [-0.2, -0.15) is 0 Å². The van der Waals surface area contributed by atoms with Gasteiger partial charge in [0, 0.05) is 41.6 Å². The minimum atomic E-state index is -0.156. The van der Waals surface area contributed by atoms with Crippen LogP contribution < -0.4 is 15.8 Å². The Morgan fingerprint density at radius 1 is 1.14 bits per heavy atom. The lowest BCUT2D eigenvalue weighted by molar-refractivity contribution is -0.122. The summed E-state index contributed by atoms with van der Waals surface area (Å²) in [5, 5.41) is 3.08. The van der Waals surface area contributed by atoms with Crippen molar-refractivity contribution in [1.29, 1.82) is 0 Å². The number of fused-ring (bicyclic) bond motifs is 1. The van der Waals surface area contributed by atoms with E-state index in [0.29, 0.717) is 11.3 Å². The molecular formula is C21H28N6O2. The zero-order chi connectivity index (χ0) is 20.4. The Kier molecular flexibility index (Phi) is 5.60. The van der Waals surface area contributed by atoms with Crippen LogP contribution >= 0.6 is 0 Å². The molecular weight excluding hydrogens is 368 g/mol. The molecule has 0 atom stereocenters. The van der Waals surface area contributed by atoms with Crippen LogP contribution in [0.25, 0.3) is 0 Å². The second-order valence-electron chi connectivity index (χ2n) is 8.05. The molecule has 0 spiro atoms. The number of amides is 1. The van der Waals surface area contributed by atoms with Crippen molar-refractivity contribution >= 4 is 11.7 Å². The highest BCUT2D eigenvalue weighted by atomic mass is 16.2. The van der Waals surface area contributed by atoms with Crippen molar-refractivity contribution in [1.82, 2.24) is 24.8 Å². The van der Waals surface area contributed by atoms with E-state index in [1.807, 2.05) is 0 Å². The maximum atomic E-state index is 12.4. The van der Waals surface area contributed by atoms with Crippen molar-refractivity contribution < 1.29 is 4.79 Å². The Balaban J connectivity index is 1.34. The van der Waals surface area contributed by atoms with Gasteiger partial charge in [0.05, 0.1) is 6.33 Å². The lowest BCUT2D eigenvalue weighted by Crippen LogP contribution is -2.46. The second kappa shape index (κ2) is 8.31. The normalized spacial score (nSPS) is 17.1. The molecule has 2 aromatic rings. The zero-order valence-electron chi connectivity index (χ0n) is 17.1. The van der Waals surface area contributed by atoms with E-state index in [4.69, 9.17) is 0 Å². The molecule has 4 rings (SSSR count). The third-order valence-electron chi connectivity index (χ3n) is 6.09. The predicted octanol–water partition coefficient (Wildman–Crippen LogP) is 1.31. The molecule has 1 amide bonds. The fourth-order valence-electron chi connectivity index (χ4n) is 4.23. The molecule has 8 nitrogen and oxygen atoms in total. The number of aromatic nitrogens is 4. The van der Waals surface area contributed by atoms with E-state index in [-0.39, 0.29) is 24.1 Å². The highest BCUT2D eigenvalue weighted by Gasteiger charge is 2.25. The molecule has 2 aromatic heterocycles. The van der Waals surface area contributed by atoms with E-state index in [1.165, 1.54) is 35.0 Å². The number of piperidine rings is 1. The van der Waals surface area contributed by atoms with Gasteiger partial charge in [0.15, 0.2) is 0 Å². The predicted molar refractivity (Wildman–Crippen MR) is 110 cm³/mol. The number of hydrogen-bond acceptors (Lipinski definition) is 6. The molecule has 0 bridgehead atoms. The first kappa shape index (κ1) is 19.5. The summed E-state index contributed by atoms with van der Waals surface area (Å²) in [6, 6.07) is 0.117. The Morgan fingerprint density at radius 3 is 2.69 bits per heavy atom. The van der Waals surface area contributed by atoms with Gasteiger partial charge in [-0.3, -0.25) is 14.2 Å². The van der Waals surface area contributed by atoms with Crippen LogP contribution in [0.3, 0.4) is 0 Å². The van der Waals surface area contributed by atoms with Gasteiger partial charge >= 0.3 is 0 Å². The molecule has 29 heavy (non-hydrogen) atoms. The number of aryl methyl sites for hydroxylation is 2. The van der Waals surface area contributed by atoms with E-state index in [1.54, 1.807) is 20.2 Å². The zero-order valence-corrected chi connectivity index (χ0v) is 17.1. The van der Waals surface area contributed by atoms with Crippen LogP contribution in [0.5, 0.6) is 0 Å². The Hall–Kier alpha value is -2.77. The first-order chi connectivity index (χ1) is 14.0. The van der Waals surface area contributed by atoms with Gasteiger partial charge in [-0.25, -0.2) is 15.0 Å². The van der Waals surface area contributed by atoms with Crippen molar-refractivity contribution in [2.75, 3.05) is 18.0 Å². The van der Waals surface area contributed by atoms with Crippen LogP contribution in [-0.4, -0.2) is 44.6 Å². The van der Waals surface area contributed by atoms with E-state index < -0.39 is 0 Å². The minimum absolute atomic E-state index is 0.00653. The summed E-state index contributed by atoms with van der Waals surface area (Å²) >= 11 is 0. The number of carbonyl (C=O) groups is 1. The van der Waals surface area contributed by atoms with Crippen LogP contribution in [0.2, 0.25) is 0 Å². The van der Waals surface area contributed by atoms with Crippen LogP contribution in [0, 0.1) is 13.8 Å². The highest BCUT2D eigenvalue weighted by molar-refractivity contribution is 5.76. The van der Waals surface area contributed by atoms with Crippen molar-refractivity contribution in [3.8, 4) is 0 Å². The SMILES string of the molecule is Cc1ncn(CC(=O)NC2CCN(c3ncnc4c3CCCC4)CC2)c(=O)c1C. The van der Waals surface area contributed by atoms with Gasteiger partial charge < -0.3 is 10.2 Å². The maximum Gasteiger partial charge on any atom is 0.256 e. The van der Waals surface area contributed by atoms with E-state index in [0.717, 1.165) is 44.6 Å². The molecule has 1 aliphatic heterocycles. The summed E-state index contributed by atoms with van der Waals surface area (Å²) in [6.07, 6.45) is 9.37. The van der Waals surface area contributed by atoms with Gasteiger partial charge in [-0.1, -0.05) is 0 Å². The molecule has 1 aliphatic carbocycles. The van der Waals surface area contributed by atoms with Gasteiger partial charge in [0.2, 0.25) is 5.91 Å². The number of rotatable bonds is 4. The summed E-state index contributed by atoms with van der Waals surface area (Å²) in [5.74, 6) is 0.933. The van der Waals surface area contributed by atoms with Crippen molar-refractivity contribution in [2.24, 2.45) is 0 Å². The van der Waals surface area contributed by atoms with E-state index >= 15 is 0 Å². The van der Waals surface area contributed by atoms with Gasteiger partial charge in [0.25, 0.3) is 5.56 Å². The quantitative estimate of drug-likeness (QED) is 0.838. The third-order valence-corrected chi connectivity index (χ3v) is 6.09. The third kappa shape index (κ3) is 4.16. The smallest absolute Gasteiger partial charge is 0.256 e. The molecule has 154 valence electrons. The summed E-state index contributed by atoms with van der Waals surface area (Å²) in [7, 11) is 0. The van der Waals surface area contributed by atoms with Gasteiger partial charge in [-0.05, 0) is 52.4 Å². The summed E-state index contributed by atoms with van der Waals surface area (Å²) in [5.41, 5.74) is 3.63. The van der Waals surface area contributed by atoms with Crippen LogP contribution in [0.1, 0.15) is 48.2 Å². The topological polar surface area (TPSA) is 93.0 Å². The first-order valence-corrected chi connectivity index (χ1v) is 10.4. The molecule has 1 N–H and O–H groups in total. The lowest BCUT2D eigenvalue weighted by atomic mass is 9.95. The molecule has 0 unspecified atom stereocenters. The molecule has 1 fully saturated rings. The highest BCUT2D eigenvalue weighted by Crippen LogP contribution is 2.28. The lowest BCUT2D eigenvalue weighted by Gasteiger charge is -2.35. The number of carbonyl (C=O) groups excluding carboxylic acids is 1. The van der Waals surface area contributed by atoms with Crippen LogP contribution in [-0.2, 0) is 24.2 Å². The monoisotopic (exact) mass is 396 g/mol. The standard InChI is InChI=1S/C21H28N6O2/c1-14-15(2)24-13-27(21(14)29)11-19(28)25-16-7-9-26(10-8-16)20-17-5-3-4-6-18(17)22-12-23-20/h12-13,16H,3-11H2,1-2H3,(H,25,28). The average molecular weight is 396 g/mol. The number of hydrogen-bond donors (Lipinski definition) is 1. The van der Waals surface area contributed by atoms with E-state index in [2.05, 4.69) is 25.2 Å². The molecule has 8 heteroatoms. The van der Waals surface area contributed by atoms with Gasteiger partial charge in [0.1, 0.15) is 18.7 Å². The van der Waals surface area contributed by atoms with Crippen molar-refractivity contribution in [3.05, 3.63) is 45.5 Å². The molecule has 2 aliphatic rings. The minimum Gasteiger partial charge on any atom is -0.356 e. The Bertz CT molecular complexity index is 962. The Morgan fingerprint density at radius 2 is 1.90 bits per heavy atom. The van der Waals surface area contributed by atoms with Crippen molar-refractivity contribution in [3.63, 3.8) is 0 Å². The van der Waals surface area contributed by atoms with Gasteiger partial charge in [-0.15, -0.1) is 0 Å². The molecule has 0 radical (unpaired) electrons. The largest absolute Gasteiger partial charge is 0.356 e. The van der Waals surface area contributed by atoms with E-state index in [9.17, 15) is 9.59 Å². The summed E-state index contributed by atoms with van der Waals surface area (Å²) < 4.78 is 1.37. The second-order valence-corrected chi connectivity index (χ2v) is 8.05. The summed E-state index contributed by atoms with van der Waals surface area (Å²) in [6.45, 7) is 5.26. The number of anilines is 1. The molecule has 0 aromatic carbocycles. The molecule has 0 saturated carbocycles. The average Bonchev–Trinajstić information content (AvgIpc) is 2.74. The molecule has 3 heterocycles. The maximum absolute atomic E-state index is 12.4. The van der Waals surface area contributed by atoms with Crippen LogP contribution in [0.15, 0.2) is 17.4 Å². The fraction of sp³-hybridized carbons (Fsp3) is 0.571. The first-order valence-electron chi connectivity index (χ1n) is 10.4. The fourth-order valence-corrected chi connectivity index (χ4v) is 4.23. The number of nitrogens with zero attached hydrogens (tertiary/aromatic N) is 5. The van der Waals surface area contributed by atoms with Crippen molar-refractivity contribution in [2.45, 2.75) is 65.0 Å². The Labute approximate surface area is 170 Å².